The van der Waals surface area contributed by atoms with Crippen LogP contribution in [0.4, 0.5) is 4.39 Å². The molecule has 1 rings (SSSR count). The van der Waals surface area contributed by atoms with E-state index in [1.807, 2.05) is 0 Å². The van der Waals surface area contributed by atoms with Crippen LogP contribution in [-0.4, -0.2) is 28.2 Å². The predicted molar refractivity (Wildman–Crippen MR) is 56.6 cm³/mol. The number of halogens is 1. The number of amides is 1. The molecule has 0 spiro atoms. The Morgan fingerprint density at radius 3 is 2.41 bits per heavy atom. The fraction of sp³-hybridized carbons (Fsp3) is 0.273. The molecule has 2 atom stereocenters. The van der Waals surface area contributed by atoms with Crippen LogP contribution in [0.25, 0.3) is 0 Å². The van der Waals surface area contributed by atoms with Gasteiger partial charge in [-0.2, -0.15) is 0 Å². The van der Waals surface area contributed by atoms with Gasteiger partial charge in [-0.25, -0.2) is 9.18 Å². The average Bonchev–Trinajstić information content (AvgIpc) is 2.25. The molecule has 0 heterocycles. The molecule has 0 fully saturated rings. The third-order valence-electron chi connectivity index (χ3n) is 2.17. The minimum absolute atomic E-state index is 0.0717. The summed E-state index contributed by atoms with van der Waals surface area (Å²) in [6.07, 6.45) is -1.91. The predicted octanol–water partition coefficient (Wildman–Crippen LogP) is 0.448. The van der Waals surface area contributed by atoms with E-state index in [2.05, 4.69) is 5.32 Å². The fourth-order valence-corrected chi connectivity index (χ4v) is 1.42. The van der Waals surface area contributed by atoms with E-state index >= 15 is 0 Å². The molecule has 0 radical (unpaired) electrons. The topological polar surface area (TPSA) is 86.6 Å². The van der Waals surface area contributed by atoms with Crippen molar-refractivity contribution in [3.63, 3.8) is 0 Å². The van der Waals surface area contributed by atoms with Gasteiger partial charge >= 0.3 is 5.97 Å². The monoisotopic (exact) mass is 241 g/mol. The fourth-order valence-electron chi connectivity index (χ4n) is 1.42. The molecule has 0 saturated carbocycles. The Labute approximate surface area is 96.9 Å². The number of aliphatic hydroxyl groups is 1. The molecule has 0 aliphatic carbocycles. The third kappa shape index (κ3) is 3.25. The molecule has 1 amide bonds. The van der Waals surface area contributed by atoms with Gasteiger partial charge in [0.2, 0.25) is 5.91 Å². The highest BCUT2D eigenvalue weighted by molar-refractivity contribution is 5.77. The normalized spacial score (nSPS) is 13.8. The van der Waals surface area contributed by atoms with E-state index in [4.69, 9.17) is 5.11 Å². The molecule has 1 aromatic rings. The lowest BCUT2D eigenvalue weighted by Crippen LogP contribution is -2.39. The Bertz CT molecular complexity index is 435. The molecule has 5 nitrogen and oxygen atoms in total. The molecule has 3 N–H and O–H groups in total. The average molecular weight is 241 g/mol. The molecule has 0 aliphatic heterocycles. The van der Waals surface area contributed by atoms with Crippen LogP contribution in [0.15, 0.2) is 24.3 Å². The van der Waals surface area contributed by atoms with E-state index < -0.39 is 29.8 Å². The Morgan fingerprint density at radius 2 is 1.94 bits per heavy atom. The van der Waals surface area contributed by atoms with Gasteiger partial charge in [0.1, 0.15) is 5.82 Å². The zero-order chi connectivity index (χ0) is 13.0. The van der Waals surface area contributed by atoms with Crippen LogP contribution in [0.5, 0.6) is 0 Å². The van der Waals surface area contributed by atoms with Crippen molar-refractivity contribution in [3.8, 4) is 0 Å². The SMILES string of the molecule is CC(=O)NC(c1ccccc1F)[C@@H](O)C(=O)O. The van der Waals surface area contributed by atoms with Gasteiger partial charge < -0.3 is 15.5 Å². The van der Waals surface area contributed by atoms with Gasteiger partial charge in [0.05, 0.1) is 6.04 Å². The van der Waals surface area contributed by atoms with E-state index in [9.17, 15) is 19.1 Å². The number of hydrogen-bond acceptors (Lipinski definition) is 3. The van der Waals surface area contributed by atoms with Crippen molar-refractivity contribution in [1.29, 1.82) is 0 Å². The number of aliphatic hydroxyl groups excluding tert-OH is 1. The van der Waals surface area contributed by atoms with E-state index in [0.717, 1.165) is 13.0 Å². The molecule has 1 aromatic carbocycles. The highest BCUT2D eigenvalue weighted by Crippen LogP contribution is 2.20. The minimum atomic E-state index is -1.91. The van der Waals surface area contributed by atoms with Gasteiger partial charge in [0, 0.05) is 12.5 Å². The second-order valence-electron chi connectivity index (χ2n) is 3.48. The highest BCUT2D eigenvalue weighted by atomic mass is 19.1. The Morgan fingerprint density at radius 1 is 1.35 bits per heavy atom. The van der Waals surface area contributed by atoms with Crippen LogP contribution in [0.2, 0.25) is 0 Å². The second kappa shape index (κ2) is 5.40. The molecule has 0 saturated heterocycles. The zero-order valence-corrected chi connectivity index (χ0v) is 9.05. The summed E-state index contributed by atoms with van der Waals surface area (Å²) >= 11 is 0. The molecule has 0 aliphatic rings. The molecule has 17 heavy (non-hydrogen) atoms. The molecule has 6 heteroatoms. The van der Waals surface area contributed by atoms with Gasteiger partial charge in [-0.05, 0) is 6.07 Å². The van der Waals surface area contributed by atoms with E-state index in [1.165, 1.54) is 18.2 Å². The maximum atomic E-state index is 13.5. The first-order valence-corrected chi connectivity index (χ1v) is 4.86. The summed E-state index contributed by atoms with van der Waals surface area (Å²) in [7, 11) is 0. The number of hydrogen-bond donors (Lipinski definition) is 3. The quantitative estimate of drug-likeness (QED) is 0.714. The lowest BCUT2D eigenvalue weighted by molar-refractivity contribution is -0.148. The Kier molecular flexibility index (Phi) is 4.17. The second-order valence-corrected chi connectivity index (χ2v) is 3.48. The lowest BCUT2D eigenvalue weighted by atomic mass is 10.0. The summed E-state index contributed by atoms with van der Waals surface area (Å²) < 4.78 is 13.5. The summed E-state index contributed by atoms with van der Waals surface area (Å²) in [6.45, 7) is 1.16. The van der Waals surface area contributed by atoms with Crippen LogP contribution in [0.1, 0.15) is 18.5 Å². The van der Waals surface area contributed by atoms with Gasteiger partial charge in [0.15, 0.2) is 6.10 Å². The molecule has 92 valence electrons. The van der Waals surface area contributed by atoms with Crippen LogP contribution in [0, 0.1) is 5.82 Å². The number of nitrogens with one attached hydrogen (secondary N) is 1. The zero-order valence-electron chi connectivity index (χ0n) is 9.05. The molecule has 0 bridgehead atoms. The summed E-state index contributed by atoms with van der Waals surface area (Å²) in [5.41, 5.74) is -0.0717. The number of rotatable bonds is 4. The summed E-state index contributed by atoms with van der Waals surface area (Å²) in [5.74, 6) is -2.78. The van der Waals surface area contributed by atoms with Crippen molar-refractivity contribution < 1.29 is 24.2 Å². The number of carboxylic acid groups (broad SMARTS) is 1. The van der Waals surface area contributed by atoms with Gasteiger partial charge in [-0.3, -0.25) is 4.79 Å². The molecule has 1 unspecified atom stereocenters. The maximum absolute atomic E-state index is 13.5. The van der Waals surface area contributed by atoms with Gasteiger partial charge in [-0.1, -0.05) is 18.2 Å². The van der Waals surface area contributed by atoms with E-state index in [-0.39, 0.29) is 5.56 Å². The van der Waals surface area contributed by atoms with Crippen molar-refractivity contribution in [2.45, 2.75) is 19.1 Å². The standard InChI is InChI=1S/C11H12FNO4/c1-6(14)13-9(10(15)11(16)17)7-4-2-3-5-8(7)12/h2-5,9-10,15H,1H3,(H,13,14)(H,16,17)/t9?,10-/m1/s1. The number of benzene rings is 1. The maximum Gasteiger partial charge on any atom is 0.335 e. The van der Waals surface area contributed by atoms with Crippen molar-refractivity contribution in [1.82, 2.24) is 5.32 Å². The largest absolute Gasteiger partial charge is 0.479 e. The number of aliphatic carboxylic acids is 1. The number of carbonyl (C=O) groups is 2. The molecule has 0 aromatic heterocycles. The van der Waals surface area contributed by atoms with Crippen LogP contribution >= 0.6 is 0 Å². The minimum Gasteiger partial charge on any atom is -0.479 e. The van der Waals surface area contributed by atoms with Gasteiger partial charge in [0.25, 0.3) is 0 Å². The Balaban J connectivity index is 3.10. The molecular formula is C11H12FNO4. The highest BCUT2D eigenvalue weighted by Gasteiger charge is 2.29. The van der Waals surface area contributed by atoms with Crippen LogP contribution in [-0.2, 0) is 9.59 Å². The first-order chi connectivity index (χ1) is 7.93. The smallest absolute Gasteiger partial charge is 0.335 e. The summed E-state index contributed by atoms with van der Waals surface area (Å²) in [4.78, 5) is 21.6. The van der Waals surface area contributed by atoms with Crippen molar-refractivity contribution in [3.05, 3.63) is 35.6 Å². The van der Waals surface area contributed by atoms with E-state index in [1.54, 1.807) is 0 Å². The van der Waals surface area contributed by atoms with Crippen molar-refractivity contribution in [2.24, 2.45) is 0 Å². The van der Waals surface area contributed by atoms with Crippen LogP contribution < -0.4 is 5.32 Å². The molecular weight excluding hydrogens is 229 g/mol. The van der Waals surface area contributed by atoms with Crippen LogP contribution in [0.3, 0.4) is 0 Å². The Hall–Kier alpha value is -1.95. The van der Waals surface area contributed by atoms with Crippen molar-refractivity contribution in [2.75, 3.05) is 0 Å². The summed E-state index contributed by atoms with van der Waals surface area (Å²) in [6, 6.07) is 4.03. The first kappa shape index (κ1) is 13.1. The summed E-state index contributed by atoms with van der Waals surface area (Å²) in [5, 5.41) is 20.3. The number of carbonyl (C=O) groups excluding carboxylic acids is 1. The van der Waals surface area contributed by atoms with Crippen molar-refractivity contribution >= 4 is 11.9 Å². The lowest BCUT2D eigenvalue weighted by Gasteiger charge is -2.21. The third-order valence-corrected chi connectivity index (χ3v) is 2.17. The van der Waals surface area contributed by atoms with E-state index in [0.29, 0.717) is 0 Å². The first-order valence-electron chi connectivity index (χ1n) is 4.86. The van der Waals surface area contributed by atoms with Gasteiger partial charge in [-0.15, -0.1) is 0 Å². The number of carboxylic acids is 1.